The summed E-state index contributed by atoms with van der Waals surface area (Å²) < 4.78 is 1.82. The fraction of sp³-hybridized carbons (Fsp3) is 0.278. The molecule has 0 saturated carbocycles. The molecule has 0 aliphatic rings. The van der Waals surface area contributed by atoms with Crippen LogP contribution in [0.25, 0.3) is 11.0 Å². The van der Waals surface area contributed by atoms with Gasteiger partial charge in [-0.25, -0.2) is 4.98 Å². The van der Waals surface area contributed by atoms with Crippen LogP contribution in [-0.2, 0) is 13.5 Å². The van der Waals surface area contributed by atoms with Crippen LogP contribution in [0.5, 0.6) is 0 Å². The van der Waals surface area contributed by atoms with Crippen molar-refractivity contribution in [2.75, 3.05) is 0 Å². The molecule has 2 heterocycles. The summed E-state index contributed by atoms with van der Waals surface area (Å²) in [4.78, 5) is 31.5. The van der Waals surface area contributed by atoms with E-state index in [1.807, 2.05) is 43.7 Å². The van der Waals surface area contributed by atoms with E-state index in [1.165, 1.54) is 5.56 Å². The molecule has 0 unspecified atom stereocenters. The first-order valence-corrected chi connectivity index (χ1v) is 7.61. The molecule has 2 aromatic heterocycles. The fourth-order valence-electron chi connectivity index (χ4n) is 2.71. The van der Waals surface area contributed by atoms with E-state index in [0.29, 0.717) is 23.9 Å². The lowest BCUT2D eigenvalue weighted by Gasteiger charge is -2.04. The Morgan fingerprint density at radius 1 is 1.26 bits per heavy atom. The molecule has 0 atom stereocenters. The molecule has 0 radical (unpaired) electrons. The molecule has 118 valence electrons. The number of aryl methyl sites for hydroxylation is 4. The van der Waals surface area contributed by atoms with Gasteiger partial charge in [-0.1, -0.05) is 29.8 Å². The molecule has 0 fully saturated rings. The maximum Gasteiger partial charge on any atom is 0.260 e. The topological polar surface area (TPSA) is 67.8 Å². The number of aromatic amines is 1. The first kappa shape index (κ1) is 15.2. The van der Waals surface area contributed by atoms with Crippen molar-refractivity contribution in [3.63, 3.8) is 0 Å². The lowest BCUT2D eigenvalue weighted by atomic mass is 10.1. The van der Waals surface area contributed by atoms with Crippen molar-refractivity contribution in [1.82, 2.24) is 14.5 Å². The highest BCUT2D eigenvalue weighted by atomic mass is 16.1. The highest BCUT2D eigenvalue weighted by Crippen LogP contribution is 2.13. The van der Waals surface area contributed by atoms with Crippen LogP contribution in [0.3, 0.4) is 0 Å². The van der Waals surface area contributed by atoms with E-state index in [2.05, 4.69) is 16.0 Å². The zero-order valence-corrected chi connectivity index (χ0v) is 13.5. The number of hydrogen-bond acceptors (Lipinski definition) is 3. The fourth-order valence-corrected chi connectivity index (χ4v) is 2.71. The van der Waals surface area contributed by atoms with Gasteiger partial charge in [0, 0.05) is 19.2 Å². The van der Waals surface area contributed by atoms with Crippen molar-refractivity contribution in [1.29, 1.82) is 0 Å². The van der Waals surface area contributed by atoms with Gasteiger partial charge in [-0.3, -0.25) is 9.59 Å². The Morgan fingerprint density at radius 3 is 2.78 bits per heavy atom. The summed E-state index contributed by atoms with van der Waals surface area (Å²) in [5, 5.41) is 0.514. The monoisotopic (exact) mass is 309 g/mol. The van der Waals surface area contributed by atoms with Crippen molar-refractivity contribution in [3.8, 4) is 0 Å². The smallest absolute Gasteiger partial charge is 0.260 e. The average molecular weight is 309 g/mol. The van der Waals surface area contributed by atoms with Crippen LogP contribution in [0.2, 0.25) is 0 Å². The zero-order valence-electron chi connectivity index (χ0n) is 13.5. The first-order valence-electron chi connectivity index (χ1n) is 7.61. The van der Waals surface area contributed by atoms with Crippen molar-refractivity contribution < 1.29 is 4.79 Å². The van der Waals surface area contributed by atoms with Gasteiger partial charge in [-0.2, -0.15) is 0 Å². The summed E-state index contributed by atoms with van der Waals surface area (Å²) in [6, 6.07) is 9.85. The number of carbonyl (C=O) groups is 1. The maximum absolute atomic E-state index is 12.4. The van der Waals surface area contributed by atoms with Crippen molar-refractivity contribution in [2.24, 2.45) is 7.05 Å². The number of H-pyrrole nitrogens is 1. The Balaban J connectivity index is 1.86. The standard InChI is InChI=1S/C18H19N3O2/c1-11-5-4-6-13(9-11)7-8-15(22)16-19-17-14(18(23)20-16)10-12(2)21(17)3/h4-6,9-10H,7-8H2,1-3H3,(H,19,20,23). The van der Waals surface area contributed by atoms with Crippen molar-refractivity contribution in [2.45, 2.75) is 26.7 Å². The molecular formula is C18H19N3O2. The molecule has 0 spiro atoms. The van der Waals surface area contributed by atoms with Gasteiger partial charge in [0.1, 0.15) is 5.65 Å². The molecule has 0 saturated heterocycles. The summed E-state index contributed by atoms with van der Waals surface area (Å²) in [7, 11) is 1.84. The minimum Gasteiger partial charge on any atom is -0.333 e. The highest BCUT2D eigenvalue weighted by Gasteiger charge is 2.14. The van der Waals surface area contributed by atoms with Gasteiger partial charge in [-0.15, -0.1) is 0 Å². The van der Waals surface area contributed by atoms with Crippen LogP contribution in [0.1, 0.15) is 33.9 Å². The Morgan fingerprint density at radius 2 is 2.04 bits per heavy atom. The molecule has 0 amide bonds. The zero-order chi connectivity index (χ0) is 16.6. The van der Waals surface area contributed by atoms with Gasteiger partial charge in [0.05, 0.1) is 5.39 Å². The number of Topliss-reactive ketones (excluding diaryl/α,β-unsaturated/α-hetero) is 1. The van der Waals surface area contributed by atoms with Crippen LogP contribution in [0.15, 0.2) is 35.1 Å². The second kappa shape index (κ2) is 5.83. The number of rotatable bonds is 4. The van der Waals surface area contributed by atoms with E-state index in [4.69, 9.17) is 0 Å². The Bertz CT molecular complexity index is 951. The molecule has 0 bridgehead atoms. The van der Waals surface area contributed by atoms with Crippen molar-refractivity contribution in [3.05, 3.63) is 63.3 Å². The summed E-state index contributed by atoms with van der Waals surface area (Å²) in [5.41, 5.74) is 3.49. The molecule has 0 aliphatic carbocycles. The predicted octanol–water partition coefficient (Wildman–Crippen LogP) is 2.69. The molecule has 23 heavy (non-hydrogen) atoms. The summed E-state index contributed by atoms with van der Waals surface area (Å²) in [6.07, 6.45) is 0.954. The third-order valence-electron chi connectivity index (χ3n) is 4.12. The molecular weight excluding hydrogens is 290 g/mol. The Hall–Kier alpha value is -2.69. The van der Waals surface area contributed by atoms with E-state index >= 15 is 0 Å². The predicted molar refractivity (Wildman–Crippen MR) is 89.9 cm³/mol. The van der Waals surface area contributed by atoms with Crippen LogP contribution >= 0.6 is 0 Å². The number of fused-ring (bicyclic) bond motifs is 1. The SMILES string of the molecule is Cc1cccc(CCC(=O)c2nc3c(cc(C)n3C)c(=O)[nH]2)c1. The second-order valence-electron chi connectivity index (χ2n) is 5.91. The van der Waals surface area contributed by atoms with E-state index in [1.54, 1.807) is 6.07 Å². The highest BCUT2D eigenvalue weighted by molar-refractivity contribution is 5.94. The molecule has 5 heteroatoms. The third kappa shape index (κ3) is 2.95. The van der Waals surface area contributed by atoms with Crippen LogP contribution < -0.4 is 5.56 Å². The lowest BCUT2D eigenvalue weighted by molar-refractivity contribution is 0.0973. The molecule has 0 aliphatic heterocycles. The molecule has 3 rings (SSSR count). The van der Waals surface area contributed by atoms with Gasteiger partial charge < -0.3 is 9.55 Å². The van der Waals surface area contributed by atoms with Gasteiger partial charge in [-0.05, 0) is 31.9 Å². The number of ketones is 1. The maximum atomic E-state index is 12.4. The van der Waals surface area contributed by atoms with Crippen LogP contribution in [0, 0.1) is 13.8 Å². The average Bonchev–Trinajstić information content (AvgIpc) is 2.81. The quantitative estimate of drug-likeness (QED) is 0.753. The normalized spacial score (nSPS) is 11.1. The van der Waals surface area contributed by atoms with E-state index in [9.17, 15) is 9.59 Å². The summed E-state index contributed by atoms with van der Waals surface area (Å²) >= 11 is 0. The van der Waals surface area contributed by atoms with E-state index in [-0.39, 0.29) is 17.2 Å². The first-order chi connectivity index (χ1) is 11.0. The van der Waals surface area contributed by atoms with Crippen LogP contribution in [-0.4, -0.2) is 20.3 Å². The number of carbonyl (C=O) groups excluding carboxylic acids is 1. The Labute approximate surface area is 134 Å². The molecule has 5 nitrogen and oxygen atoms in total. The second-order valence-corrected chi connectivity index (χ2v) is 5.91. The van der Waals surface area contributed by atoms with Crippen molar-refractivity contribution >= 4 is 16.8 Å². The minimum absolute atomic E-state index is 0.136. The number of benzene rings is 1. The van der Waals surface area contributed by atoms with E-state index < -0.39 is 0 Å². The molecule has 1 N–H and O–H groups in total. The number of nitrogens with one attached hydrogen (secondary N) is 1. The largest absolute Gasteiger partial charge is 0.333 e. The number of nitrogens with zero attached hydrogens (tertiary/aromatic N) is 2. The van der Waals surface area contributed by atoms with Gasteiger partial charge >= 0.3 is 0 Å². The van der Waals surface area contributed by atoms with Crippen LogP contribution in [0.4, 0.5) is 0 Å². The van der Waals surface area contributed by atoms with Gasteiger partial charge in [0.25, 0.3) is 5.56 Å². The third-order valence-corrected chi connectivity index (χ3v) is 4.12. The molecule has 3 aromatic rings. The lowest BCUT2D eigenvalue weighted by Crippen LogP contribution is -2.16. The summed E-state index contributed by atoms with van der Waals surface area (Å²) in [5.74, 6) is -0.0132. The summed E-state index contributed by atoms with van der Waals surface area (Å²) in [6.45, 7) is 3.93. The van der Waals surface area contributed by atoms with Gasteiger partial charge in [0.2, 0.25) is 0 Å². The Kier molecular flexibility index (Phi) is 3.86. The minimum atomic E-state index is -0.266. The van der Waals surface area contributed by atoms with E-state index in [0.717, 1.165) is 11.3 Å². The number of hydrogen-bond donors (Lipinski definition) is 1. The number of aromatic nitrogens is 3. The molecule has 1 aromatic carbocycles. The van der Waals surface area contributed by atoms with Gasteiger partial charge in [0.15, 0.2) is 11.6 Å².